The van der Waals surface area contributed by atoms with Gasteiger partial charge in [0.2, 0.25) is 0 Å². The van der Waals surface area contributed by atoms with Crippen molar-refractivity contribution in [1.82, 2.24) is 4.90 Å². The van der Waals surface area contributed by atoms with Crippen LogP contribution in [0.4, 0.5) is 0 Å². The number of nitrogens with zero attached hydrogens (tertiary/aromatic N) is 1. The summed E-state index contributed by atoms with van der Waals surface area (Å²) in [7, 11) is 0. The van der Waals surface area contributed by atoms with Crippen LogP contribution in [0, 0.1) is 5.41 Å². The molecular weight excluding hydrogens is 134 g/mol. The molecular formula is C10H19N. The quantitative estimate of drug-likeness (QED) is 0.550. The van der Waals surface area contributed by atoms with Gasteiger partial charge in [0.15, 0.2) is 0 Å². The molecule has 0 radical (unpaired) electrons. The van der Waals surface area contributed by atoms with Gasteiger partial charge in [0.1, 0.15) is 0 Å². The fourth-order valence-corrected chi connectivity index (χ4v) is 1.65. The Labute approximate surface area is 70.1 Å². The number of hydrogen-bond acceptors (Lipinski definition) is 1. The number of rotatable bonds is 2. The van der Waals surface area contributed by atoms with Gasteiger partial charge in [-0.05, 0) is 25.3 Å². The van der Waals surface area contributed by atoms with Crippen LogP contribution in [0.2, 0.25) is 0 Å². The van der Waals surface area contributed by atoms with Crippen LogP contribution in [-0.4, -0.2) is 24.0 Å². The summed E-state index contributed by atoms with van der Waals surface area (Å²) in [5, 5.41) is 0. The Bertz CT molecular complexity index is 149. The normalized spacial score (nSPS) is 26.8. The van der Waals surface area contributed by atoms with Gasteiger partial charge < -0.3 is 0 Å². The van der Waals surface area contributed by atoms with Gasteiger partial charge in [-0.1, -0.05) is 19.9 Å². The first kappa shape index (κ1) is 8.79. The molecule has 1 heteroatoms. The molecule has 0 aromatic heterocycles. The van der Waals surface area contributed by atoms with Gasteiger partial charge in [-0.2, -0.15) is 0 Å². The first-order valence-electron chi connectivity index (χ1n) is 4.42. The van der Waals surface area contributed by atoms with Gasteiger partial charge in [-0.25, -0.2) is 0 Å². The first-order chi connectivity index (χ1) is 5.05. The highest BCUT2D eigenvalue weighted by molar-refractivity contribution is 4.91. The third-order valence-electron chi connectivity index (χ3n) is 2.62. The van der Waals surface area contributed by atoms with Crippen LogP contribution in [0.25, 0.3) is 0 Å². The third kappa shape index (κ3) is 2.06. The Morgan fingerprint density at radius 1 is 1.55 bits per heavy atom. The van der Waals surface area contributed by atoms with E-state index in [-0.39, 0.29) is 0 Å². The molecule has 0 aromatic carbocycles. The molecule has 1 aliphatic rings. The fraction of sp³-hybridized carbons (Fsp3) is 0.800. The molecule has 0 saturated carbocycles. The molecule has 1 nitrogen and oxygen atoms in total. The van der Waals surface area contributed by atoms with Gasteiger partial charge in [0, 0.05) is 12.6 Å². The van der Waals surface area contributed by atoms with Crippen molar-refractivity contribution in [3.63, 3.8) is 0 Å². The lowest BCUT2D eigenvalue weighted by Gasteiger charge is -2.23. The molecule has 1 heterocycles. The minimum Gasteiger partial charge on any atom is -0.297 e. The zero-order valence-electron chi connectivity index (χ0n) is 7.93. The summed E-state index contributed by atoms with van der Waals surface area (Å²) in [6.45, 7) is 13.2. The molecule has 0 amide bonds. The van der Waals surface area contributed by atoms with Crippen LogP contribution in [0.3, 0.4) is 0 Å². The number of hydrogen-bond donors (Lipinski definition) is 0. The Kier molecular flexibility index (Phi) is 2.38. The summed E-state index contributed by atoms with van der Waals surface area (Å²) >= 11 is 0. The van der Waals surface area contributed by atoms with E-state index in [4.69, 9.17) is 0 Å². The second-order valence-electron chi connectivity index (χ2n) is 4.36. The number of likely N-dealkylation sites (tertiary alicyclic amines) is 1. The van der Waals surface area contributed by atoms with Crippen LogP contribution in [0.5, 0.6) is 0 Å². The van der Waals surface area contributed by atoms with Crippen molar-refractivity contribution in [2.75, 3.05) is 13.1 Å². The average Bonchev–Trinajstić information content (AvgIpc) is 2.29. The summed E-state index contributed by atoms with van der Waals surface area (Å²) in [6.07, 6.45) is 3.35. The molecule has 1 rings (SSSR count). The second kappa shape index (κ2) is 2.98. The van der Waals surface area contributed by atoms with Gasteiger partial charge in [0.25, 0.3) is 0 Å². The zero-order valence-corrected chi connectivity index (χ0v) is 7.93. The predicted octanol–water partition coefficient (Wildman–Crippen LogP) is 2.29. The Balaban J connectivity index is 2.47. The van der Waals surface area contributed by atoms with Gasteiger partial charge in [-0.3, -0.25) is 4.90 Å². The fourth-order valence-electron chi connectivity index (χ4n) is 1.65. The van der Waals surface area contributed by atoms with Crippen molar-refractivity contribution in [1.29, 1.82) is 0 Å². The monoisotopic (exact) mass is 153 g/mol. The molecule has 0 aliphatic carbocycles. The van der Waals surface area contributed by atoms with Crippen LogP contribution in [0.15, 0.2) is 12.7 Å². The SMILES string of the molecule is C=CC(C)N1CCC(C)(C)C1. The molecule has 0 aromatic rings. The molecule has 1 fully saturated rings. The molecule has 1 unspecified atom stereocenters. The average molecular weight is 153 g/mol. The van der Waals surface area contributed by atoms with E-state index in [1.54, 1.807) is 0 Å². The van der Waals surface area contributed by atoms with Crippen molar-refractivity contribution >= 4 is 0 Å². The van der Waals surface area contributed by atoms with Gasteiger partial charge in [-0.15, -0.1) is 6.58 Å². The predicted molar refractivity (Wildman–Crippen MR) is 49.6 cm³/mol. The lowest BCUT2D eigenvalue weighted by atomic mass is 9.93. The Hall–Kier alpha value is -0.300. The van der Waals surface area contributed by atoms with Crippen molar-refractivity contribution in [2.24, 2.45) is 5.41 Å². The minimum absolute atomic E-state index is 0.525. The highest BCUT2D eigenvalue weighted by atomic mass is 15.2. The van der Waals surface area contributed by atoms with Crippen molar-refractivity contribution in [2.45, 2.75) is 33.2 Å². The first-order valence-corrected chi connectivity index (χ1v) is 4.42. The second-order valence-corrected chi connectivity index (χ2v) is 4.36. The standard InChI is InChI=1S/C10H19N/c1-5-9(2)11-7-6-10(3,4)8-11/h5,9H,1,6-8H2,2-4H3. The largest absolute Gasteiger partial charge is 0.297 e. The van der Waals surface area contributed by atoms with Crippen molar-refractivity contribution < 1.29 is 0 Å². The zero-order chi connectivity index (χ0) is 8.48. The van der Waals surface area contributed by atoms with Crippen molar-refractivity contribution in [3.05, 3.63) is 12.7 Å². The van der Waals surface area contributed by atoms with E-state index in [1.165, 1.54) is 19.5 Å². The van der Waals surface area contributed by atoms with Gasteiger partial charge >= 0.3 is 0 Å². The molecule has 0 bridgehead atoms. The van der Waals surface area contributed by atoms with Crippen LogP contribution < -0.4 is 0 Å². The molecule has 11 heavy (non-hydrogen) atoms. The molecule has 0 spiro atoms. The van der Waals surface area contributed by atoms with E-state index in [2.05, 4.69) is 32.3 Å². The lowest BCUT2D eigenvalue weighted by Crippen LogP contribution is -2.30. The summed E-state index contributed by atoms with van der Waals surface area (Å²) in [6, 6.07) is 0.553. The van der Waals surface area contributed by atoms with E-state index >= 15 is 0 Å². The van der Waals surface area contributed by atoms with E-state index in [9.17, 15) is 0 Å². The summed E-state index contributed by atoms with van der Waals surface area (Å²) in [5.74, 6) is 0. The highest BCUT2D eigenvalue weighted by Gasteiger charge is 2.30. The lowest BCUT2D eigenvalue weighted by molar-refractivity contribution is 0.262. The van der Waals surface area contributed by atoms with Gasteiger partial charge in [0.05, 0.1) is 0 Å². The Morgan fingerprint density at radius 3 is 2.55 bits per heavy atom. The molecule has 1 atom stereocenters. The van der Waals surface area contributed by atoms with Crippen LogP contribution >= 0.6 is 0 Å². The van der Waals surface area contributed by atoms with Crippen molar-refractivity contribution in [3.8, 4) is 0 Å². The summed E-state index contributed by atoms with van der Waals surface area (Å²) in [5.41, 5.74) is 0.525. The maximum atomic E-state index is 3.81. The molecule has 1 aliphatic heterocycles. The topological polar surface area (TPSA) is 3.24 Å². The molecule has 1 saturated heterocycles. The summed E-state index contributed by atoms with van der Waals surface area (Å²) < 4.78 is 0. The smallest absolute Gasteiger partial charge is 0.0247 e. The van der Waals surface area contributed by atoms with E-state index < -0.39 is 0 Å². The minimum atomic E-state index is 0.525. The van der Waals surface area contributed by atoms with Crippen LogP contribution in [0.1, 0.15) is 27.2 Å². The molecule has 64 valence electrons. The van der Waals surface area contributed by atoms with E-state index in [1.807, 2.05) is 6.08 Å². The summed E-state index contributed by atoms with van der Waals surface area (Å²) in [4.78, 5) is 2.49. The highest BCUT2D eigenvalue weighted by Crippen LogP contribution is 2.29. The van der Waals surface area contributed by atoms with Crippen LogP contribution in [-0.2, 0) is 0 Å². The maximum Gasteiger partial charge on any atom is 0.0247 e. The maximum absolute atomic E-state index is 3.81. The van der Waals surface area contributed by atoms with E-state index in [0.717, 1.165) is 0 Å². The molecule has 0 N–H and O–H groups in total. The Morgan fingerprint density at radius 2 is 2.18 bits per heavy atom. The third-order valence-corrected chi connectivity index (χ3v) is 2.62. The van der Waals surface area contributed by atoms with E-state index in [0.29, 0.717) is 11.5 Å².